The van der Waals surface area contributed by atoms with E-state index in [1.54, 1.807) is 19.1 Å². The number of nitriles is 1. The molecular formula is C18H23N3O4. The molecule has 1 saturated carbocycles. The van der Waals surface area contributed by atoms with Gasteiger partial charge in [0, 0.05) is 12.1 Å². The summed E-state index contributed by atoms with van der Waals surface area (Å²) in [7, 11) is 1.45. The van der Waals surface area contributed by atoms with E-state index in [0.717, 1.165) is 25.7 Å². The summed E-state index contributed by atoms with van der Waals surface area (Å²) < 4.78 is 10.7. The van der Waals surface area contributed by atoms with Crippen molar-refractivity contribution in [2.24, 2.45) is 0 Å². The summed E-state index contributed by atoms with van der Waals surface area (Å²) in [6.45, 7) is 1.54. The second kappa shape index (κ2) is 8.92. The maximum absolute atomic E-state index is 12.1. The van der Waals surface area contributed by atoms with Gasteiger partial charge in [-0.05, 0) is 31.9 Å². The Kier molecular flexibility index (Phi) is 6.63. The van der Waals surface area contributed by atoms with E-state index in [4.69, 9.17) is 14.7 Å². The zero-order valence-electron chi connectivity index (χ0n) is 14.5. The molecule has 0 spiro atoms. The first kappa shape index (κ1) is 18.6. The smallest absolute Gasteiger partial charge is 0.321 e. The number of nitrogens with one attached hydrogen (secondary N) is 2. The minimum atomic E-state index is -0.890. The van der Waals surface area contributed by atoms with E-state index in [-0.39, 0.29) is 6.04 Å². The Morgan fingerprint density at radius 3 is 2.60 bits per heavy atom. The summed E-state index contributed by atoms with van der Waals surface area (Å²) in [4.78, 5) is 24.1. The molecule has 0 aliphatic heterocycles. The van der Waals surface area contributed by atoms with Crippen LogP contribution < -0.4 is 20.1 Å². The highest BCUT2D eigenvalue weighted by Gasteiger charge is 2.21. The number of nitrogens with zero attached hydrogens (tertiary/aromatic N) is 1. The van der Waals surface area contributed by atoms with Crippen molar-refractivity contribution in [2.45, 2.75) is 51.2 Å². The molecule has 1 fully saturated rings. The van der Waals surface area contributed by atoms with Crippen LogP contribution in [-0.4, -0.2) is 31.2 Å². The van der Waals surface area contributed by atoms with E-state index >= 15 is 0 Å². The predicted octanol–water partition coefficient (Wildman–Crippen LogP) is 2.49. The van der Waals surface area contributed by atoms with Crippen LogP contribution in [0.15, 0.2) is 18.2 Å². The Hall–Kier alpha value is -2.75. The van der Waals surface area contributed by atoms with Gasteiger partial charge in [-0.3, -0.25) is 10.1 Å². The first-order valence-corrected chi connectivity index (χ1v) is 8.39. The number of hydrogen-bond donors (Lipinski definition) is 2. The molecule has 2 N–H and O–H groups in total. The summed E-state index contributed by atoms with van der Waals surface area (Å²) in [5, 5.41) is 14.0. The second-order valence-electron chi connectivity index (χ2n) is 6.04. The molecule has 0 radical (unpaired) electrons. The number of hydrogen-bond acceptors (Lipinski definition) is 5. The summed E-state index contributed by atoms with van der Waals surface area (Å²) in [5.74, 6) is 0.141. The quantitative estimate of drug-likeness (QED) is 0.854. The van der Waals surface area contributed by atoms with Gasteiger partial charge < -0.3 is 14.8 Å². The van der Waals surface area contributed by atoms with Crippen molar-refractivity contribution in [2.75, 3.05) is 7.11 Å². The van der Waals surface area contributed by atoms with Crippen molar-refractivity contribution in [3.8, 4) is 17.6 Å². The van der Waals surface area contributed by atoms with Crippen LogP contribution >= 0.6 is 0 Å². The molecular weight excluding hydrogens is 322 g/mol. The van der Waals surface area contributed by atoms with Crippen molar-refractivity contribution < 1.29 is 19.1 Å². The van der Waals surface area contributed by atoms with Crippen LogP contribution in [0.2, 0.25) is 0 Å². The third-order valence-electron chi connectivity index (χ3n) is 4.14. The van der Waals surface area contributed by atoms with Gasteiger partial charge in [0.25, 0.3) is 5.91 Å². The molecule has 25 heavy (non-hydrogen) atoms. The number of carbonyl (C=O) groups is 2. The lowest BCUT2D eigenvalue weighted by Gasteiger charge is -2.23. The number of methoxy groups -OCH3 is 1. The minimum absolute atomic E-state index is 0.122. The van der Waals surface area contributed by atoms with Gasteiger partial charge in [0.15, 0.2) is 17.6 Å². The summed E-state index contributed by atoms with van der Waals surface area (Å²) in [6.07, 6.45) is 4.37. The molecule has 2 rings (SSSR count). The second-order valence-corrected chi connectivity index (χ2v) is 6.04. The maximum Gasteiger partial charge on any atom is 0.321 e. The molecule has 134 valence electrons. The van der Waals surface area contributed by atoms with Gasteiger partial charge in [-0.1, -0.05) is 19.3 Å². The number of carbonyl (C=O) groups excluding carboxylic acids is 2. The maximum atomic E-state index is 12.1. The van der Waals surface area contributed by atoms with Gasteiger partial charge in [-0.2, -0.15) is 5.26 Å². The average molecular weight is 345 g/mol. The summed E-state index contributed by atoms with van der Waals surface area (Å²) in [6, 6.07) is 6.27. The highest BCUT2D eigenvalue weighted by molar-refractivity contribution is 5.96. The molecule has 1 aliphatic carbocycles. The van der Waals surface area contributed by atoms with E-state index in [1.807, 2.05) is 6.07 Å². The lowest BCUT2D eigenvalue weighted by molar-refractivity contribution is -0.126. The van der Waals surface area contributed by atoms with Gasteiger partial charge in [0.1, 0.15) is 0 Å². The lowest BCUT2D eigenvalue weighted by atomic mass is 9.96. The fourth-order valence-electron chi connectivity index (χ4n) is 2.76. The number of rotatable bonds is 5. The lowest BCUT2D eigenvalue weighted by Crippen LogP contribution is -2.48. The Balaban J connectivity index is 1.89. The summed E-state index contributed by atoms with van der Waals surface area (Å²) >= 11 is 0. The first-order valence-electron chi connectivity index (χ1n) is 8.39. The Labute approximate surface area is 147 Å². The van der Waals surface area contributed by atoms with Crippen LogP contribution in [0, 0.1) is 11.3 Å². The minimum Gasteiger partial charge on any atom is -0.493 e. The van der Waals surface area contributed by atoms with Gasteiger partial charge >= 0.3 is 6.03 Å². The summed E-state index contributed by atoms with van der Waals surface area (Å²) in [5.41, 5.74) is 0.424. The zero-order chi connectivity index (χ0) is 18.2. The number of ether oxygens (including phenoxy) is 2. The van der Waals surface area contributed by atoms with Crippen LogP contribution in [0.5, 0.6) is 11.5 Å². The van der Waals surface area contributed by atoms with Crippen molar-refractivity contribution in [1.29, 1.82) is 5.26 Å². The molecule has 1 aliphatic rings. The third-order valence-corrected chi connectivity index (χ3v) is 4.14. The van der Waals surface area contributed by atoms with Crippen LogP contribution in [0.4, 0.5) is 4.79 Å². The average Bonchev–Trinajstić information content (AvgIpc) is 2.62. The zero-order valence-corrected chi connectivity index (χ0v) is 14.5. The molecule has 7 nitrogen and oxygen atoms in total. The van der Waals surface area contributed by atoms with Crippen molar-refractivity contribution in [3.05, 3.63) is 23.8 Å². The normalized spacial score (nSPS) is 15.6. The molecule has 0 saturated heterocycles. The van der Waals surface area contributed by atoms with Crippen LogP contribution in [0.1, 0.15) is 44.6 Å². The van der Waals surface area contributed by atoms with E-state index in [2.05, 4.69) is 10.6 Å². The molecule has 0 unspecified atom stereocenters. The highest BCUT2D eigenvalue weighted by Crippen LogP contribution is 2.28. The predicted molar refractivity (Wildman–Crippen MR) is 91.3 cm³/mol. The Morgan fingerprint density at radius 1 is 1.24 bits per heavy atom. The molecule has 1 aromatic carbocycles. The molecule has 7 heteroatoms. The fourth-order valence-corrected chi connectivity index (χ4v) is 2.76. The highest BCUT2D eigenvalue weighted by atomic mass is 16.5. The number of benzene rings is 1. The molecule has 1 aromatic rings. The van der Waals surface area contributed by atoms with Crippen LogP contribution in [-0.2, 0) is 4.79 Å². The monoisotopic (exact) mass is 345 g/mol. The first-order chi connectivity index (χ1) is 12.0. The molecule has 0 aromatic heterocycles. The number of urea groups is 1. The fraction of sp³-hybridized carbons (Fsp3) is 0.500. The number of imide groups is 1. The van der Waals surface area contributed by atoms with Gasteiger partial charge in [-0.15, -0.1) is 0 Å². The van der Waals surface area contributed by atoms with Crippen molar-refractivity contribution in [3.63, 3.8) is 0 Å². The molecule has 3 amide bonds. The van der Waals surface area contributed by atoms with Gasteiger partial charge in [0.05, 0.1) is 18.7 Å². The Bertz CT molecular complexity index is 663. The van der Waals surface area contributed by atoms with Crippen LogP contribution in [0.3, 0.4) is 0 Å². The van der Waals surface area contributed by atoms with E-state index in [0.29, 0.717) is 17.1 Å². The third kappa shape index (κ3) is 5.38. The Morgan fingerprint density at radius 2 is 1.96 bits per heavy atom. The van der Waals surface area contributed by atoms with Crippen molar-refractivity contribution >= 4 is 11.9 Å². The molecule has 0 heterocycles. The molecule has 0 bridgehead atoms. The van der Waals surface area contributed by atoms with E-state index in [1.165, 1.54) is 19.6 Å². The van der Waals surface area contributed by atoms with Crippen molar-refractivity contribution in [1.82, 2.24) is 10.6 Å². The van der Waals surface area contributed by atoms with Gasteiger partial charge in [-0.25, -0.2) is 4.79 Å². The standard InChI is InChI=1S/C18H23N3O4/c1-12(25-15-9-8-13(11-19)10-16(15)24-2)17(22)21-18(23)20-14-6-4-3-5-7-14/h8-10,12,14H,3-7H2,1-2H3,(H2,20,21,22,23)/t12-/m1/s1. The largest absolute Gasteiger partial charge is 0.493 e. The van der Waals surface area contributed by atoms with Crippen LogP contribution in [0.25, 0.3) is 0 Å². The number of amides is 3. The topological polar surface area (TPSA) is 100 Å². The SMILES string of the molecule is COc1cc(C#N)ccc1O[C@H](C)C(=O)NC(=O)NC1CCCCC1. The molecule has 1 atom stereocenters. The van der Waals surface area contributed by atoms with E-state index in [9.17, 15) is 9.59 Å². The van der Waals surface area contributed by atoms with E-state index < -0.39 is 18.0 Å². The van der Waals surface area contributed by atoms with Gasteiger partial charge in [0.2, 0.25) is 0 Å².